The van der Waals surface area contributed by atoms with Crippen LogP contribution in [0.2, 0.25) is 0 Å². The van der Waals surface area contributed by atoms with Crippen molar-refractivity contribution in [2.24, 2.45) is 0 Å². The third-order valence-electron chi connectivity index (χ3n) is 4.05. The normalized spacial score (nSPS) is 10.4. The maximum atomic E-state index is 13.8. The molecule has 0 fully saturated rings. The number of nitrogens with one attached hydrogen (secondary N) is 2. The Hall–Kier alpha value is -3.68. The summed E-state index contributed by atoms with van der Waals surface area (Å²) < 4.78 is 24.6. The van der Waals surface area contributed by atoms with E-state index in [1.54, 1.807) is 36.4 Å². The topological polar surface area (TPSA) is 93.5 Å². The van der Waals surface area contributed by atoms with Gasteiger partial charge in [-0.15, -0.1) is 0 Å². The summed E-state index contributed by atoms with van der Waals surface area (Å²) in [6, 6.07) is 11.2. The van der Waals surface area contributed by atoms with E-state index in [0.717, 1.165) is 0 Å². The van der Waals surface area contributed by atoms with Crippen molar-refractivity contribution >= 4 is 23.2 Å². The Bertz CT molecular complexity index is 1030. The van der Waals surface area contributed by atoms with Gasteiger partial charge in [0.15, 0.2) is 11.7 Å². The molecule has 7 nitrogen and oxygen atoms in total. The first kappa shape index (κ1) is 20.1. The quantitative estimate of drug-likeness (QED) is 0.628. The number of carbonyl (C=O) groups excluding carboxylic acids is 2. The van der Waals surface area contributed by atoms with Gasteiger partial charge < -0.3 is 19.8 Å². The number of benzene rings is 2. The van der Waals surface area contributed by atoms with Crippen molar-refractivity contribution in [2.75, 3.05) is 17.7 Å². The number of amides is 2. The van der Waals surface area contributed by atoms with Gasteiger partial charge in [-0.25, -0.2) is 9.37 Å². The minimum absolute atomic E-state index is 0.124. The van der Waals surface area contributed by atoms with Gasteiger partial charge in [-0.2, -0.15) is 0 Å². The van der Waals surface area contributed by atoms with Crippen LogP contribution < -0.4 is 15.4 Å². The first-order chi connectivity index (χ1) is 14.0. The molecule has 0 spiro atoms. The predicted octanol–water partition coefficient (Wildman–Crippen LogP) is 4.02. The first-order valence-corrected chi connectivity index (χ1v) is 8.91. The van der Waals surface area contributed by atoms with E-state index in [-0.39, 0.29) is 24.7 Å². The van der Waals surface area contributed by atoms with E-state index >= 15 is 0 Å². The third kappa shape index (κ3) is 5.19. The highest BCUT2D eigenvalue weighted by molar-refractivity contribution is 5.94. The molecule has 2 aromatic carbocycles. The van der Waals surface area contributed by atoms with Gasteiger partial charge >= 0.3 is 0 Å². The van der Waals surface area contributed by atoms with Crippen LogP contribution in [-0.4, -0.2) is 23.9 Å². The number of methoxy groups -OCH3 is 1. The van der Waals surface area contributed by atoms with E-state index < -0.39 is 5.82 Å². The molecule has 0 radical (unpaired) electrons. The minimum atomic E-state index is -0.401. The molecule has 0 unspecified atom stereocenters. The summed E-state index contributed by atoms with van der Waals surface area (Å²) in [5.74, 6) is 0.234. The molecule has 1 heterocycles. The molecule has 0 aliphatic heterocycles. The van der Waals surface area contributed by atoms with Gasteiger partial charge in [-0.1, -0.05) is 12.1 Å². The second kappa shape index (κ2) is 9.01. The summed E-state index contributed by atoms with van der Waals surface area (Å²) in [7, 11) is 1.49. The van der Waals surface area contributed by atoms with Crippen molar-refractivity contribution in [1.29, 1.82) is 0 Å². The van der Waals surface area contributed by atoms with Gasteiger partial charge in [0.25, 0.3) is 0 Å². The average molecular weight is 397 g/mol. The summed E-state index contributed by atoms with van der Waals surface area (Å²) >= 11 is 0. The van der Waals surface area contributed by atoms with Crippen molar-refractivity contribution < 1.29 is 23.1 Å². The van der Waals surface area contributed by atoms with E-state index in [4.69, 9.17) is 9.15 Å². The largest absolute Gasteiger partial charge is 0.495 e. The van der Waals surface area contributed by atoms with Crippen molar-refractivity contribution in [2.45, 2.75) is 19.8 Å². The molecule has 150 valence electrons. The van der Waals surface area contributed by atoms with Crippen molar-refractivity contribution in [1.82, 2.24) is 4.98 Å². The fourth-order valence-electron chi connectivity index (χ4n) is 2.73. The molecule has 2 amide bonds. The van der Waals surface area contributed by atoms with Gasteiger partial charge in [-0.05, 0) is 30.3 Å². The maximum absolute atomic E-state index is 13.8. The summed E-state index contributed by atoms with van der Waals surface area (Å²) in [5, 5.41) is 5.40. The smallest absolute Gasteiger partial charge is 0.224 e. The van der Waals surface area contributed by atoms with E-state index in [2.05, 4.69) is 15.6 Å². The van der Waals surface area contributed by atoms with Gasteiger partial charge in [0.05, 0.1) is 24.6 Å². The van der Waals surface area contributed by atoms with Gasteiger partial charge in [0.1, 0.15) is 11.6 Å². The molecule has 3 rings (SSSR count). The molecule has 0 saturated carbocycles. The van der Waals surface area contributed by atoms with Gasteiger partial charge in [0.2, 0.25) is 11.8 Å². The summed E-state index contributed by atoms with van der Waals surface area (Å²) in [4.78, 5) is 27.7. The maximum Gasteiger partial charge on any atom is 0.224 e. The lowest BCUT2D eigenvalue weighted by molar-refractivity contribution is -0.116. The van der Waals surface area contributed by atoms with Crippen LogP contribution in [0.5, 0.6) is 5.75 Å². The Labute approximate surface area is 166 Å². The number of hydrogen-bond donors (Lipinski definition) is 2. The van der Waals surface area contributed by atoms with Crippen LogP contribution in [-0.2, 0) is 16.0 Å². The Morgan fingerprint density at radius 3 is 2.69 bits per heavy atom. The molecular weight excluding hydrogens is 377 g/mol. The number of nitrogens with zero attached hydrogens (tertiary/aromatic N) is 1. The first-order valence-electron chi connectivity index (χ1n) is 8.91. The van der Waals surface area contributed by atoms with Crippen molar-refractivity contribution in [3.05, 3.63) is 60.4 Å². The number of ether oxygens (including phenoxy) is 1. The Balaban J connectivity index is 1.61. The Morgan fingerprint density at radius 1 is 1.17 bits per heavy atom. The number of hydrogen-bond acceptors (Lipinski definition) is 5. The second-order valence-electron chi connectivity index (χ2n) is 6.24. The molecule has 3 aromatic rings. The van der Waals surface area contributed by atoms with E-state index in [0.29, 0.717) is 34.3 Å². The van der Waals surface area contributed by atoms with Crippen LogP contribution in [0.3, 0.4) is 0 Å². The average Bonchev–Trinajstić information content (AvgIpc) is 3.15. The summed E-state index contributed by atoms with van der Waals surface area (Å²) in [5.41, 5.74) is 1.29. The number of anilines is 2. The number of oxazole rings is 1. The molecule has 0 saturated heterocycles. The molecule has 1 aromatic heterocycles. The number of aromatic nitrogens is 1. The lowest BCUT2D eigenvalue weighted by Gasteiger charge is -2.11. The molecule has 0 aliphatic rings. The highest BCUT2D eigenvalue weighted by Gasteiger charge is 2.13. The van der Waals surface area contributed by atoms with Crippen LogP contribution in [0, 0.1) is 5.82 Å². The van der Waals surface area contributed by atoms with E-state index in [1.807, 2.05) is 0 Å². The minimum Gasteiger partial charge on any atom is -0.495 e. The fraction of sp³-hybridized carbons (Fsp3) is 0.190. The van der Waals surface area contributed by atoms with E-state index in [1.165, 1.54) is 26.3 Å². The summed E-state index contributed by atoms with van der Waals surface area (Å²) in [6.07, 6.45) is 1.82. The highest BCUT2D eigenvalue weighted by atomic mass is 19.1. The van der Waals surface area contributed by atoms with Crippen LogP contribution >= 0.6 is 0 Å². The van der Waals surface area contributed by atoms with Crippen molar-refractivity contribution in [3.63, 3.8) is 0 Å². The van der Waals surface area contributed by atoms with Gasteiger partial charge in [-0.3, -0.25) is 9.59 Å². The molecule has 0 bridgehead atoms. The number of aryl methyl sites for hydroxylation is 1. The van der Waals surface area contributed by atoms with Crippen LogP contribution in [0.4, 0.5) is 15.8 Å². The lowest BCUT2D eigenvalue weighted by atomic mass is 10.2. The molecule has 0 aliphatic carbocycles. The molecule has 8 heteroatoms. The third-order valence-corrected chi connectivity index (χ3v) is 4.05. The Morgan fingerprint density at radius 2 is 1.97 bits per heavy atom. The molecule has 0 atom stereocenters. The molecule has 29 heavy (non-hydrogen) atoms. The SMILES string of the molecule is COc1ccc(NC(=O)CCc2ncc(-c3ccccc3F)o2)cc1NC(C)=O. The molecule has 2 N–H and O–H groups in total. The van der Waals surface area contributed by atoms with Crippen LogP contribution in [0.25, 0.3) is 11.3 Å². The van der Waals surface area contributed by atoms with Gasteiger partial charge in [0, 0.05) is 25.5 Å². The highest BCUT2D eigenvalue weighted by Crippen LogP contribution is 2.28. The zero-order valence-electron chi connectivity index (χ0n) is 16.0. The predicted molar refractivity (Wildman–Crippen MR) is 106 cm³/mol. The Kier molecular flexibility index (Phi) is 6.23. The van der Waals surface area contributed by atoms with Crippen LogP contribution in [0.1, 0.15) is 19.2 Å². The zero-order chi connectivity index (χ0) is 20.8. The second-order valence-corrected chi connectivity index (χ2v) is 6.24. The fourth-order valence-corrected chi connectivity index (χ4v) is 2.73. The zero-order valence-corrected chi connectivity index (χ0v) is 16.0. The standard InChI is InChI=1S/C21H20FN3O4/c1-13(26)24-17-11-14(7-8-18(17)28-2)25-20(27)9-10-21-23-12-19(29-21)15-5-3-4-6-16(15)22/h3-8,11-12H,9-10H2,1-2H3,(H,24,26)(H,25,27). The molecular formula is C21H20FN3O4. The van der Waals surface area contributed by atoms with Crippen LogP contribution in [0.15, 0.2) is 53.1 Å². The van der Waals surface area contributed by atoms with E-state index in [9.17, 15) is 14.0 Å². The number of carbonyl (C=O) groups is 2. The summed E-state index contributed by atoms with van der Waals surface area (Å²) in [6.45, 7) is 1.39. The van der Waals surface area contributed by atoms with Crippen molar-refractivity contribution in [3.8, 4) is 17.1 Å². The number of halogens is 1. The number of rotatable bonds is 7. The lowest BCUT2D eigenvalue weighted by Crippen LogP contribution is -2.13. The monoisotopic (exact) mass is 397 g/mol.